The van der Waals surface area contributed by atoms with Crippen LogP contribution in [0.2, 0.25) is 0 Å². The summed E-state index contributed by atoms with van der Waals surface area (Å²) in [6.07, 6.45) is 0. The van der Waals surface area contributed by atoms with Crippen LogP contribution in [0.25, 0.3) is 11.3 Å². The minimum atomic E-state index is 0.313. The topological polar surface area (TPSA) is 67.1 Å². The second-order valence-electron chi connectivity index (χ2n) is 7.33. The number of benzene rings is 1. The Morgan fingerprint density at radius 3 is 2.42 bits per heavy atom. The van der Waals surface area contributed by atoms with Crippen LogP contribution in [0.5, 0.6) is 0 Å². The molecule has 0 spiro atoms. The quantitative estimate of drug-likeness (QED) is 0.884. The lowest BCUT2D eigenvalue weighted by atomic mass is 10.0. The number of hydrogen-bond donors (Lipinski definition) is 2. The first-order valence-corrected chi connectivity index (χ1v) is 8.61. The monoisotopic (exact) mass is 325 g/mol. The van der Waals surface area contributed by atoms with Gasteiger partial charge in [0.1, 0.15) is 5.82 Å². The molecule has 5 nitrogen and oxygen atoms in total. The molecule has 2 heterocycles. The normalized spacial score (nSPS) is 15.5. The van der Waals surface area contributed by atoms with Crippen LogP contribution in [0.4, 0.5) is 11.8 Å². The second-order valence-corrected chi connectivity index (χ2v) is 7.33. The standard InChI is InChI=1S/C19H27N5/c1-12(2)9-24-10-16(11-24)21-18-8-17(22-19(20)23-18)15-6-13(3)5-14(4)7-15/h5-8,12,16H,9-11H2,1-4H3,(H3,20,21,22,23). The molecule has 0 amide bonds. The number of aromatic nitrogens is 2. The summed E-state index contributed by atoms with van der Waals surface area (Å²) in [4.78, 5) is 11.2. The molecule has 128 valence electrons. The van der Waals surface area contributed by atoms with Gasteiger partial charge in [-0.15, -0.1) is 0 Å². The summed E-state index contributed by atoms with van der Waals surface area (Å²) in [7, 11) is 0. The fraction of sp³-hybridized carbons (Fsp3) is 0.474. The molecule has 0 unspecified atom stereocenters. The van der Waals surface area contributed by atoms with Gasteiger partial charge < -0.3 is 11.1 Å². The minimum absolute atomic E-state index is 0.313. The molecule has 1 aliphatic rings. The fourth-order valence-electron chi connectivity index (χ4n) is 3.35. The van der Waals surface area contributed by atoms with E-state index in [0.717, 1.165) is 36.7 Å². The first-order valence-electron chi connectivity index (χ1n) is 8.61. The van der Waals surface area contributed by atoms with Gasteiger partial charge in [-0.25, -0.2) is 4.98 Å². The largest absolute Gasteiger partial charge is 0.368 e. The maximum atomic E-state index is 5.93. The Morgan fingerprint density at radius 1 is 1.12 bits per heavy atom. The first kappa shape index (κ1) is 16.7. The van der Waals surface area contributed by atoms with Gasteiger partial charge in [0.2, 0.25) is 5.95 Å². The lowest BCUT2D eigenvalue weighted by Crippen LogP contribution is -2.55. The Hall–Kier alpha value is -2.14. The van der Waals surface area contributed by atoms with Crippen molar-refractivity contribution in [3.8, 4) is 11.3 Å². The third kappa shape index (κ3) is 4.03. The zero-order valence-electron chi connectivity index (χ0n) is 15.0. The summed E-state index contributed by atoms with van der Waals surface area (Å²) in [5, 5.41) is 3.49. The number of rotatable bonds is 5. The molecule has 1 fully saturated rings. The van der Waals surface area contributed by atoms with Crippen molar-refractivity contribution in [2.45, 2.75) is 33.7 Å². The zero-order valence-corrected chi connectivity index (χ0v) is 15.0. The molecule has 1 aromatic carbocycles. The van der Waals surface area contributed by atoms with Gasteiger partial charge in [-0.1, -0.05) is 31.0 Å². The number of likely N-dealkylation sites (tertiary alicyclic amines) is 1. The van der Waals surface area contributed by atoms with E-state index in [9.17, 15) is 0 Å². The fourth-order valence-corrected chi connectivity index (χ4v) is 3.35. The maximum Gasteiger partial charge on any atom is 0.222 e. The molecule has 0 atom stereocenters. The van der Waals surface area contributed by atoms with E-state index in [1.165, 1.54) is 11.1 Å². The molecule has 5 heteroatoms. The van der Waals surface area contributed by atoms with Crippen molar-refractivity contribution in [3.63, 3.8) is 0 Å². The molecule has 0 aliphatic carbocycles. The highest BCUT2D eigenvalue weighted by molar-refractivity contribution is 5.65. The van der Waals surface area contributed by atoms with Crippen molar-refractivity contribution >= 4 is 11.8 Å². The van der Waals surface area contributed by atoms with Crippen LogP contribution in [0.15, 0.2) is 24.3 Å². The number of nitrogens with zero attached hydrogens (tertiary/aromatic N) is 3. The average Bonchev–Trinajstić information content (AvgIpc) is 2.43. The molecular formula is C19H27N5. The molecule has 3 N–H and O–H groups in total. The molecule has 0 radical (unpaired) electrons. The van der Waals surface area contributed by atoms with Crippen LogP contribution in [0, 0.1) is 19.8 Å². The summed E-state index contributed by atoms with van der Waals surface area (Å²) in [5.41, 5.74) is 10.3. The number of hydrogen-bond acceptors (Lipinski definition) is 5. The molecule has 3 rings (SSSR count). The van der Waals surface area contributed by atoms with E-state index >= 15 is 0 Å². The van der Waals surface area contributed by atoms with E-state index in [-0.39, 0.29) is 0 Å². The number of aryl methyl sites for hydroxylation is 2. The lowest BCUT2D eigenvalue weighted by molar-refractivity contribution is 0.143. The molecule has 1 aliphatic heterocycles. The van der Waals surface area contributed by atoms with Crippen LogP contribution < -0.4 is 11.1 Å². The summed E-state index contributed by atoms with van der Waals surface area (Å²) in [6, 6.07) is 8.85. The zero-order chi connectivity index (χ0) is 17.3. The van der Waals surface area contributed by atoms with Crippen molar-refractivity contribution < 1.29 is 0 Å². The number of anilines is 2. The van der Waals surface area contributed by atoms with E-state index in [2.05, 4.69) is 66.1 Å². The molecule has 0 bridgehead atoms. The third-order valence-corrected chi connectivity index (χ3v) is 4.19. The summed E-state index contributed by atoms with van der Waals surface area (Å²) < 4.78 is 0. The SMILES string of the molecule is Cc1cc(C)cc(-c2cc(NC3CN(CC(C)C)C3)nc(N)n2)c1. The van der Waals surface area contributed by atoms with Gasteiger partial charge in [0.05, 0.1) is 11.7 Å². The van der Waals surface area contributed by atoms with Crippen molar-refractivity contribution in [2.75, 3.05) is 30.7 Å². The van der Waals surface area contributed by atoms with Crippen molar-refractivity contribution in [1.82, 2.24) is 14.9 Å². The minimum Gasteiger partial charge on any atom is -0.368 e. The number of nitrogen functional groups attached to an aromatic ring is 1. The van der Waals surface area contributed by atoms with Crippen molar-refractivity contribution in [1.29, 1.82) is 0 Å². The number of nitrogens with one attached hydrogen (secondary N) is 1. The molecule has 0 saturated carbocycles. The molecule has 1 saturated heterocycles. The third-order valence-electron chi connectivity index (χ3n) is 4.19. The Bertz CT molecular complexity index is 699. The van der Waals surface area contributed by atoms with Crippen LogP contribution in [-0.4, -0.2) is 40.5 Å². The van der Waals surface area contributed by atoms with Gasteiger partial charge in [0.25, 0.3) is 0 Å². The van der Waals surface area contributed by atoms with Crippen LogP contribution in [0.3, 0.4) is 0 Å². The van der Waals surface area contributed by atoms with Crippen LogP contribution >= 0.6 is 0 Å². The highest BCUT2D eigenvalue weighted by Crippen LogP contribution is 2.24. The Morgan fingerprint density at radius 2 is 1.79 bits per heavy atom. The van der Waals surface area contributed by atoms with Gasteiger partial charge in [0.15, 0.2) is 0 Å². The number of nitrogens with two attached hydrogens (primary N) is 1. The molecular weight excluding hydrogens is 298 g/mol. The Kier molecular flexibility index (Phi) is 4.71. The van der Waals surface area contributed by atoms with Crippen LogP contribution in [-0.2, 0) is 0 Å². The highest BCUT2D eigenvalue weighted by atomic mass is 15.3. The Labute approximate surface area is 144 Å². The van der Waals surface area contributed by atoms with Gasteiger partial charge >= 0.3 is 0 Å². The van der Waals surface area contributed by atoms with Crippen molar-refractivity contribution in [3.05, 3.63) is 35.4 Å². The van der Waals surface area contributed by atoms with Crippen LogP contribution in [0.1, 0.15) is 25.0 Å². The molecule has 2 aromatic rings. The smallest absolute Gasteiger partial charge is 0.222 e. The van der Waals surface area contributed by atoms with Gasteiger partial charge in [-0.2, -0.15) is 4.98 Å². The van der Waals surface area contributed by atoms with Gasteiger partial charge in [0, 0.05) is 31.3 Å². The van der Waals surface area contributed by atoms with Crippen molar-refractivity contribution in [2.24, 2.45) is 5.92 Å². The first-order chi connectivity index (χ1) is 11.4. The Balaban J connectivity index is 1.73. The predicted molar refractivity (Wildman–Crippen MR) is 100 cm³/mol. The van der Waals surface area contributed by atoms with E-state index in [0.29, 0.717) is 17.9 Å². The van der Waals surface area contributed by atoms with Gasteiger partial charge in [-0.05, 0) is 31.9 Å². The molecule has 24 heavy (non-hydrogen) atoms. The highest BCUT2D eigenvalue weighted by Gasteiger charge is 2.27. The second kappa shape index (κ2) is 6.77. The van der Waals surface area contributed by atoms with E-state index in [1.54, 1.807) is 0 Å². The summed E-state index contributed by atoms with van der Waals surface area (Å²) in [6.45, 7) is 12.0. The summed E-state index contributed by atoms with van der Waals surface area (Å²) in [5.74, 6) is 1.83. The van der Waals surface area contributed by atoms with E-state index < -0.39 is 0 Å². The van der Waals surface area contributed by atoms with E-state index in [4.69, 9.17) is 5.73 Å². The lowest BCUT2D eigenvalue weighted by Gasteiger charge is -2.40. The average molecular weight is 325 g/mol. The predicted octanol–water partition coefficient (Wildman–Crippen LogP) is 3.09. The van der Waals surface area contributed by atoms with E-state index in [1.807, 2.05) is 6.07 Å². The van der Waals surface area contributed by atoms with Gasteiger partial charge in [-0.3, -0.25) is 4.90 Å². The molecule has 1 aromatic heterocycles. The summed E-state index contributed by atoms with van der Waals surface area (Å²) >= 11 is 0. The maximum absolute atomic E-state index is 5.93.